The molecule has 104 valence electrons. The highest BCUT2D eigenvalue weighted by Gasteiger charge is 2.36. The minimum atomic E-state index is -0.249. The predicted molar refractivity (Wildman–Crippen MR) is 70.7 cm³/mol. The maximum absolute atomic E-state index is 12.4. The van der Waals surface area contributed by atoms with Gasteiger partial charge < -0.3 is 14.5 Å². The first kappa shape index (κ1) is 13.8. The van der Waals surface area contributed by atoms with Gasteiger partial charge in [0.25, 0.3) is 5.91 Å². The van der Waals surface area contributed by atoms with Crippen LogP contribution in [0.2, 0.25) is 0 Å². The van der Waals surface area contributed by atoms with E-state index in [1.807, 2.05) is 6.08 Å². The molecule has 1 aromatic heterocycles. The average molecular weight is 264 g/mol. The number of nitrogens with zero attached hydrogens (tertiary/aromatic N) is 2. The molecule has 1 unspecified atom stereocenters. The van der Waals surface area contributed by atoms with Crippen LogP contribution in [-0.2, 0) is 0 Å². The Labute approximate surface area is 112 Å². The van der Waals surface area contributed by atoms with Gasteiger partial charge in [-0.1, -0.05) is 11.2 Å². The maximum atomic E-state index is 12.4. The lowest BCUT2D eigenvalue weighted by molar-refractivity contribution is 0.0284. The first-order chi connectivity index (χ1) is 9.12. The van der Waals surface area contributed by atoms with Crippen molar-refractivity contribution < 1.29 is 14.4 Å². The summed E-state index contributed by atoms with van der Waals surface area (Å²) in [7, 11) is 0. The summed E-state index contributed by atoms with van der Waals surface area (Å²) in [5.74, 6) is 0.467. The summed E-state index contributed by atoms with van der Waals surface area (Å²) < 4.78 is 4.94. The summed E-state index contributed by atoms with van der Waals surface area (Å²) in [6.07, 6.45) is 5.80. The molecule has 19 heavy (non-hydrogen) atoms. The molecule has 1 fully saturated rings. The lowest BCUT2D eigenvalue weighted by atomic mass is 9.77. The third-order valence-corrected chi connectivity index (χ3v) is 3.84. The fourth-order valence-electron chi connectivity index (χ4n) is 2.72. The number of piperidine rings is 1. The van der Waals surface area contributed by atoms with Crippen molar-refractivity contribution >= 4 is 5.91 Å². The van der Waals surface area contributed by atoms with E-state index in [9.17, 15) is 9.90 Å². The monoisotopic (exact) mass is 264 g/mol. The van der Waals surface area contributed by atoms with Crippen LogP contribution in [0.1, 0.15) is 35.4 Å². The zero-order chi connectivity index (χ0) is 13.9. The van der Waals surface area contributed by atoms with Crippen molar-refractivity contribution in [1.82, 2.24) is 10.1 Å². The number of amides is 1. The lowest BCUT2D eigenvalue weighted by Crippen LogP contribution is -2.47. The Morgan fingerprint density at radius 3 is 3.11 bits per heavy atom. The van der Waals surface area contributed by atoms with Crippen LogP contribution >= 0.6 is 0 Å². The highest BCUT2D eigenvalue weighted by molar-refractivity contribution is 5.94. The molecule has 0 spiro atoms. The number of hydrogen-bond donors (Lipinski definition) is 1. The summed E-state index contributed by atoms with van der Waals surface area (Å²) in [6, 6.07) is 0. The van der Waals surface area contributed by atoms with Gasteiger partial charge in [0.15, 0.2) is 0 Å². The number of rotatable bonds is 4. The number of likely N-dealkylation sites (tertiary alicyclic amines) is 1. The first-order valence-corrected chi connectivity index (χ1v) is 6.54. The van der Waals surface area contributed by atoms with E-state index in [0.717, 1.165) is 19.3 Å². The molecular weight excluding hydrogens is 244 g/mol. The van der Waals surface area contributed by atoms with E-state index >= 15 is 0 Å². The molecule has 0 bridgehead atoms. The van der Waals surface area contributed by atoms with Crippen LogP contribution in [0.3, 0.4) is 0 Å². The molecule has 1 aliphatic rings. The molecule has 0 radical (unpaired) electrons. The van der Waals surface area contributed by atoms with Crippen LogP contribution in [0.25, 0.3) is 0 Å². The van der Waals surface area contributed by atoms with Crippen LogP contribution in [0.5, 0.6) is 0 Å². The van der Waals surface area contributed by atoms with E-state index in [-0.39, 0.29) is 17.9 Å². The molecule has 1 amide bonds. The summed E-state index contributed by atoms with van der Waals surface area (Å²) in [6.45, 7) is 6.81. The van der Waals surface area contributed by atoms with E-state index in [0.29, 0.717) is 24.4 Å². The molecule has 1 aromatic rings. The van der Waals surface area contributed by atoms with Crippen molar-refractivity contribution in [2.24, 2.45) is 5.41 Å². The topological polar surface area (TPSA) is 66.6 Å². The van der Waals surface area contributed by atoms with Crippen molar-refractivity contribution in [3.05, 3.63) is 30.2 Å². The van der Waals surface area contributed by atoms with Crippen molar-refractivity contribution in [3.63, 3.8) is 0 Å². The molecule has 0 aliphatic carbocycles. The van der Waals surface area contributed by atoms with Crippen LogP contribution < -0.4 is 0 Å². The number of aliphatic hydroxyl groups excluding tert-OH is 1. The van der Waals surface area contributed by atoms with Gasteiger partial charge in [0.2, 0.25) is 0 Å². The minimum absolute atomic E-state index is 0.0691. The minimum Gasteiger partial charge on any atom is -0.396 e. The van der Waals surface area contributed by atoms with Gasteiger partial charge in [0.1, 0.15) is 11.3 Å². The van der Waals surface area contributed by atoms with Gasteiger partial charge >= 0.3 is 0 Å². The number of hydrogen-bond acceptors (Lipinski definition) is 4. The molecular formula is C14H20N2O3. The third kappa shape index (κ3) is 2.71. The van der Waals surface area contributed by atoms with E-state index in [4.69, 9.17) is 4.52 Å². The molecule has 1 atom stereocenters. The van der Waals surface area contributed by atoms with E-state index in [2.05, 4.69) is 11.7 Å². The quantitative estimate of drug-likeness (QED) is 0.842. The lowest BCUT2D eigenvalue weighted by Gasteiger charge is -2.41. The second kappa shape index (κ2) is 5.57. The maximum Gasteiger partial charge on any atom is 0.259 e. The molecule has 2 rings (SSSR count). The molecule has 1 aliphatic heterocycles. The molecule has 2 heterocycles. The zero-order valence-corrected chi connectivity index (χ0v) is 11.3. The number of carbonyl (C=O) groups excluding carboxylic acids is 1. The molecule has 1 N–H and O–H groups in total. The van der Waals surface area contributed by atoms with Gasteiger partial charge in [-0.3, -0.25) is 4.79 Å². The van der Waals surface area contributed by atoms with Crippen LogP contribution in [0, 0.1) is 12.3 Å². The van der Waals surface area contributed by atoms with Crippen LogP contribution in [0.4, 0.5) is 0 Å². The zero-order valence-electron chi connectivity index (χ0n) is 11.3. The molecule has 0 aromatic carbocycles. The normalized spacial score (nSPS) is 23.4. The number of aryl methyl sites for hydroxylation is 1. The molecule has 5 nitrogen and oxygen atoms in total. The smallest absolute Gasteiger partial charge is 0.259 e. The Morgan fingerprint density at radius 2 is 2.53 bits per heavy atom. The summed E-state index contributed by atoms with van der Waals surface area (Å²) in [4.78, 5) is 14.2. The van der Waals surface area contributed by atoms with E-state index in [1.165, 1.54) is 6.20 Å². The standard InChI is InChI=1S/C14H20N2O3/c1-3-5-14(10-17)6-4-7-16(9-14)13(18)12-8-15-19-11(12)2/h3,8,17H,1,4-7,9-10H2,2H3. The average Bonchev–Trinajstić information content (AvgIpc) is 2.85. The van der Waals surface area contributed by atoms with Crippen molar-refractivity contribution in [2.45, 2.75) is 26.2 Å². The van der Waals surface area contributed by atoms with Crippen LogP contribution in [0.15, 0.2) is 23.4 Å². The third-order valence-electron chi connectivity index (χ3n) is 3.84. The Kier molecular flexibility index (Phi) is 4.04. The summed E-state index contributed by atoms with van der Waals surface area (Å²) in [5, 5.41) is 13.3. The van der Waals surface area contributed by atoms with Gasteiger partial charge in [-0.05, 0) is 26.2 Å². The number of carbonyl (C=O) groups is 1. The Hall–Kier alpha value is -1.62. The fourth-order valence-corrected chi connectivity index (χ4v) is 2.72. The SMILES string of the molecule is C=CCC1(CO)CCCN(C(=O)c2cnoc2C)C1. The Balaban J connectivity index is 2.15. The second-order valence-electron chi connectivity index (χ2n) is 5.28. The van der Waals surface area contributed by atoms with Crippen LogP contribution in [-0.4, -0.2) is 40.8 Å². The highest BCUT2D eigenvalue weighted by Crippen LogP contribution is 2.34. The largest absolute Gasteiger partial charge is 0.396 e. The fraction of sp³-hybridized carbons (Fsp3) is 0.571. The van der Waals surface area contributed by atoms with Gasteiger partial charge in [0.05, 0.1) is 12.8 Å². The molecule has 5 heteroatoms. The number of aliphatic hydroxyl groups is 1. The number of aromatic nitrogens is 1. The van der Waals surface area contributed by atoms with Gasteiger partial charge in [-0.15, -0.1) is 6.58 Å². The summed E-state index contributed by atoms with van der Waals surface area (Å²) >= 11 is 0. The first-order valence-electron chi connectivity index (χ1n) is 6.54. The van der Waals surface area contributed by atoms with Crippen molar-refractivity contribution in [1.29, 1.82) is 0 Å². The number of allylic oxidation sites excluding steroid dienone is 1. The second-order valence-corrected chi connectivity index (χ2v) is 5.28. The van der Waals surface area contributed by atoms with E-state index in [1.54, 1.807) is 11.8 Å². The van der Waals surface area contributed by atoms with Gasteiger partial charge in [-0.25, -0.2) is 0 Å². The van der Waals surface area contributed by atoms with Gasteiger partial charge in [0, 0.05) is 18.5 Å². The Morgan fingerprint density at radius 1 is 1.74 bits per heavy atom. The van der Waals surface area contributed by atoms with Crippen molar-refractivity contribution in [3.8, 4) is 0 Å². The van der Waals surface area contributed by atoms with Gasteiger partial charge in [-0.2, -0.15) is 0 Å². The molecule has 1 saturated heterocycles. The Bertz CT molecular complexity index is 469. The highest BCUT2D eigenvalue weighted by atomic mass is 16.5. The summed E-state index contributed by atoms with van der Waals surface area (Å²) in [5.41, 5.74) is 0.258. The molecule has 0 saturated carbocycles. The van der Waals surface area contributed by atoms with E-state index < -0.39 is 0 Å². The van der Waals surface area contributed by atoms with Crippen molar-refractivity contribution in [2.75, 3.05) is 19.7 Å². The predicted octanol–water partition coefficient (Wildman–Crippen LogP) is 1.77.